The van der Waals surface area contributed by atoms with Gasteiger partial charge in [-0.2, -0.15) is 0 Å². The molecule has 3 rings (SSSR count). The first-order valence-corrected chi connectivity index (χ1v) is 10.6. The molecule has 5 heteroatoms. The lowest BCUT2D eigenvalue weighted by atomic mass is 9.92. The summed E-state index contributed by atoms with van der Waals surface area (Å²) in [4.78, 5) is 29.2. The number of benzene rings is 2. The highest BCUT2D eigenvalue weighted by Crippen LogP contribution is 2.26. The fourth-order valence-electron chi connectivity index (χ4n) is 3.99. The van der Waals surface area contributed by atoms with E-state index in [1.54, 1.807) is 0 Å². The minimum atomic E-state index is -0.0703. The normalized spacial score (nSPS) is 14.8. The number of anilines is 2. The van der Waals surface area contributed by atoms with Crippen LogP contribution in [-0.2, 0) is 11.3 Å². The number of hydrogen-bond acceptors (Lipinski definition) is 2. The van der Waals surface area contributed by atoms with Gasteiger partial charge in [0.2, 0.25) is 5.91 Å². The summed E-state index contributed by atoms with van der Waals surface area (Å²) in [7, 11) is 0. The lowest BCUT2D eigenvalue weighted by molar-refractivity contribution is -0.117. The van der Waals surface area contributed by atoms with E-state index in [2.05, 4.69) is 37.4 Å². The zero-order valence-corrected chi connectivity index (χ0v) is 18.8. The minimum Gasteiger partial charge on any atom is -0.326 e. The van der Waals surface area contributed by atoms with Crippen molar-refractivity contribution < 1.29 is 9.59 Å². The fourth-order valence-corrected chi connectivity index (χ4v) is 3.99. The predicted molar refractivity (Wildman–Crippen MR) is 123 cm³/mol. The van der Waals surface area contributed by atoms with Gasteiger partial charge in [-0.25, -0.2) is 4.79 Å². The van der Waals surface area contributed by atoms with Crippen LogP contribution in [0, 0.1) is 19.3 Å². The summed E-state index contributed by atoms with van der Waals surface area (Å²) in [6.07, 6.45) is 1.36. The number of urea groups is 1. The summed E-state index contributed by atoms with van der Waals surface area (Å²) in [6, 6.07) is 14.0. The summed E-state index contributed by atoms with van der Waals surface area (Å²) in [5, 5.41) is 2.97. The van der Waals surface area contributed by atoms with Crippen LogP contribution >= 0.6 is 0 Å². The van der Waals surface area contributed by atoms with E-state index in [0.717, 1.165) is 29.9 Å². The minimum absolute atomic E-state index is 0.0126. The molecule has 0 radical (unpaired) electrons. The first-order chi connectivity index (χ1) is 14.1. The van der Waals surface area contributed by atoms with Gasteiger partial charge < -0.3 is 10.2 Å². The molecular formula is C25H33N3O2. The van der Waals surface area contributed by atoms with Gasteiger partial charge in [0.05, 0.1) is 0 Å². The van der Waals surface area contributed by atoms with Gasteiger partial charge in [-0.05, 0) is 49.4 Å². The van der Waals surface area contributed by atoms with Crippen molar-refractivity contribution in [3.05, 3.63) is 59.2 Å². The van der Waals surface area contributed by atoms with E-state index in [0.29, 0.717) is 19.5 Å². The Labute approximate surface area is 180 Å². The summed E-state index contributed by atoms with van der Waals surface area (Å²) >= 11 is 0. The van der Waals surface area contributed by atoms with Gasteiger partial charge >= 0.3 is 6.03 Å². The zero-order valence-electron chi connectivity index (χ0n) is 18.8. The Morgan fingerprint density at radius 2 is 1.73 bits per heavy atom. The molecule has 1 N–H and O–H groups in total. The van der Waals surface area contributed by atoms with E-state index in [1.165, 1.54) is 11.1 Å². The molecule has 160 valence electrons. The van der Waals surface area contributed by atoms with Gasteiger partial charge in [-0.3, -0.25) is 9.69 Å². The largest absolute Gasteiger partial charge is 0.326 e. The van der Waals surface area contributed by atoms with Gasteiger partial charge in [0.25, 0.3) is 0 Å². The maximum atomic E-state index is 13.2. The van der Waals surface area contributed by atoms with Crippen molar-refractivity contribution in [3.63, 3.8) is 0 Å². The van der Waals surface area contributed by atoms with Crippen LogP contribution in [0.4, 0.5) is 16.2 Å². The second-order valence-electron chi connectivity index (χ2n) is 9.54. The first-order valence-electron chi connectivity index (χ1n) is 10.6. The van der Waals surface area contributed by atoms with Crippen molar-refractivity contribution in [2.45, 2.75) is 54.0 Å². The molecule has 2 aromatic rings. The van der Waals surface area contributed by atoms with Crippen molar-refractivity contribution in [1.82, 2.24) is 4.90 Å². The third kappa shape index (κ3) is 5.85. The number of amides is 3. The van der Waals surface area contributed by atoms with Gasteiger partial charge in [0, 0.05) is 37.4 Å². The van der Waals surface area contributed by atoms with Crippen LogP contribution in [-0.4, -0.2) is 29.9 Å². The topological polar surface area (TPSA) is 52.6 Å². The Balaban J connectivity index is 1.72. The number of nitrogens with one attached hydrogen (secondary N) is 1. The molecule has 3 amide bonds. The molecule has 1 aliphatic rings. The molecule has 1 saturated heterocycles. The quantitative estimate of drug-likeness (QED) is 0.710. The van der Waals surface area contributed by atoms with Crippen LogP contribution in [0.3, 0.4) is 0 Å². The second-order valence-corrected chi connectivity index (χ2v) is 9.54. The molecule has 0 unspecified atom stereocenters. The number of carbonyl (C=O) groups is 2. The molecular weight excluding hydrogens is 374 g/mol. The van der Waals surface area contributed by atoms with E-state index in [4.69, 9.17) is 0 Å². The average Bonchev–Trinajstić information content (AvgIpc) is 2.61. The number of carbonyl (C=O) groups excluding carboxylic acids is 2. The molecule has 1 aliphatic heterocycles. The predicted octanol–water partition coefficient (Wildman–Crippen LogP) is 5.51. The lowest BCUT2D eigenvalue weighted by Gasteiger charge is -2.36. The number of aryl methyl sites for hydroxylation is 2. The zero-order chi connectivity index (χ0) is 21.9. The Bertz CT molecular complexity index is 910. The molecule has 1 fully saturated rings. The molecule has 0 bridgehead atoms. The summed E-state index contributed by atoms with van der Waals surface area (Å²) in [5.74, 6) is -0.0129. The van der Waals surface area contributed by atoms with Crippen molar-refractivity contribution in [2.24, 2.45) is 5.41 Å². The maximum Gasteiger partial charge on any atom is 0.324 e. The van der Waals surface area contributed by atoms with E-state index in [1.807, 2.05) is 54.8 Å². The summed E-state index contributed by atoms with van der Waals surface area (Å²) in [6.45, 7) is 12.3. The van der Waals surface area contributed by atoms with Crippen LogP contribution in [0.5, 0.6) is 0 Å². The molecule has 1 heterocycles. The highest BCUT2D eigenvalue weighted by Gasteiger charge is 2.27. The monoisotopic (exact) mass is 407 g/mol. The van der Waals surface area contributed by atoms with Crippen molar-refractivity contribution in [3.8, 4) is 0 Å². The van der Waals surface area contributed by atoms with Gasteiger partial charge in [-0.15, -0.1) is 0 Å². The third-order valence-electron chi connectivity index (χ3n) is 5.10. The molecule has 0 aliphatic carbocycles. The number of nitrogens with zero attached hydrogens (tertiary/aromatic N) is 2. The standard InChI is InChI=1S/C25H33N3O2/c1-18-12-19(2)14-20(13-18)17-27-10-7-11-28(24(27)30)22-9-6-8-21(15-22)26-23(29)16-25(3,4)5/h6,8-9,12-15H,7,10-11,16-17H2,1-5H3,(H,26,29). The maximum absolute atomic E-state index is 13.2. The Morgan fingerprint density at radius 1 is 1.03 bits per heavy atom. The van der Waals surface area contributed by atoms with E-state index in [9.17, 15) is 9.59 Å². The van der Waals surface area contributed by atoms with Gasteiger partial charge in [0.15, 0.2) is 0 Å². The molecule has 30 heavy (non-hydrogen) atoms. The Morgan fingerprint density at radius 3 is 2.40 bits per heavy atom. The molecule has 0 saturated carbocycles. The Hall–Kier alpha value is -2.82. The van der Waals surface area contributed by atoms with Crippen LogP contribution in [0.15, 0.2) is 42.5 Å². The SMILES string of the molecule is Cc1cc(C)cc(CN2CCCN(c3cccc(NC(=O)CC(C)(C)C)c3)C2=O)c1. The molecule has 0 atom stereocenters. The highest BCUT2D eigenvalue weighted by molar-refractivity contribution is 5.95. The van der Waals surface area contributed by atoms with Crippen LogP contribution < -0.4 is 10.2 Å². The third-order valence-corrected chi connectivity index (χ3v) is 5.10. The smallest absolute Gasteiger partial charge is 0.324 e. The van der Waals surface area contributed by atoms with E-state index >= 15 is 0 Å². The number of rotatable bonds is 5. The number of hydrogen-bond donors (Lipinski definition) is 1. The summed E-state index contributed by atoms with van der Waals surface area (Å²) < 4.78 is 0. The first kappa shape index (κ1) is 21.9. The summed E-state index contributed by atoms with van der Waals surface area (Å²) in [5.41, 5.74) is 5.06. The average molecular weight is 408 g/mol. The van der Waals surface area contributed by atoms with Crippen LogP contribution in [0.1, 0.15) is 50.3 Å². The molecule has 2 aromatic carbocycles. The van der Waals surface area contributed by atoms with E-state index in [-0.39, 0.29) is 17.4 Å². The van der Waals surface area contributed by atoms with Crippen molar-refractivity contribution in [2.75, 3.05) is 23.3 Å². The second kappa shape index (κ2) is 8.90. The fraction of sp³-hybridized carbons (Fsp3) is 0.440. The Kier molecular flexibility index (Phi) is 6.49. The lowest BCUT2D eigenvalue weighted by Crippen LogP contribution is -2.49. The molecule has 0 spiro atoms. The van der Waals surface area contributed by atoms with Crippen LogP contribution in [0.2, 0.25) is 0 Å². The van der Waals surface area contributed by atoms with Gasteiger partial charge in [-0.1, -0.05) is 56.2 Å². The highest BCUT2D eigenvalue weighted by atomic mass is 16.2. The van der Waals surface area contributed by atoms with Gasteiger partial charge in [0.1, 0.15) is 0 Å². The van der Waals surface area contributed by atoms with Crippen molar-refractivity contribution >= 4 is 23.3 Å². The van der Waals surface area contributed by atoms with E-state index < -0.39 is 0 Å². The van der Waals surface area contributed by atoms with Crippen LogP contribution in [0.25, 0.3) is 0 Å². The molecule has 5 nitrogen and oxygen atoms in total. The van der Waals surface area contributed by atoms with Crippen molar-refractivity contribution in [1.29, 1.82) is 0 Å². The molecule has 0 aromatic heterocycles.